The number of carbonyl (C=O) groups is 2. The summed E-state index contributed by atoms with van der Waals surface area (Å²) in [6, 6.07) is 2.64. The summed E-state index contributed by atoms with van der Waals surface area (Å²) >= 11 is 0. The van der Waals surface area contributed by atoms with E-state index in [1.807, 2.05) is 13.8 Å². The van der Waals surface area contributed by atoms with Gasteiger partial charge in [-0.05, 0) is 24.5 Å². The Labute approximate surface area is 88.5 Å². The average Bonchev–Trinajstić information content (AvgIpc) is 2.60. The summed E-state index contributed by atoms with van der Waals surface area (Å²) in [6.45, 7) is 3.92. The molecule has 0 aromatic carbocycles. The van der Waals surface area contributed by atoms with Gasteiger partial charge in [0.05, 0.1) is 5.69 Å². The number of aliphatic carboxylic acids is 1. The van der Waals surface area contributed by atoms with Crippen molar-refractivity contribution >= 4 is 12.3 Å². The predicted octanol–water partition coefficient (Wildman–Crippen LogP) is 1.97. The number of aromatic nitrogens is 1. The van der Waals surface area contributed by atoms with E-state index in [0.717, 1.165) is 0 Å². The number of carboxylic acid groups (broad SMARTS) is 1. The highest BCUT2D eigenvalue weighted by atomic mass is 16.4. The molecule has 1 atom stereocenters. The van der Waals surface area contributed by atoms with Crippen molar-refractivity contribution in [3.63, 3.8) is 0 Å². The Balaban J connectivity index is 2.98. The number of hydrogen-bond donors (Lipinski definition) is 1. The molecule has 0 saturated carbocycles. The molecule has 0 radical (unpaired) electrons. The molecule has 0 unspecified atom stereocenters. The van der Waals surface area contributed by atoms with Crippen LogP contribution < -0.4 is 0 Å². The summed E-state index contributed by atoms with van der Waals surface area (Å²) in [7, 11) is 0. The molecule has 0 amide bonds. The van der Waals surface area contributed by atoms with E-state index < -0.39 is 12.0 Å². The lowest BCUT2D eigenvalue weighted by molar-refractivity contribution is -0.141. The smallest absolute Gasteiger partial charge is 0.326 e. The van der Waals surface area contributed by atoms with Crippen molar-refractivity contribution in [2.45, 2.75) is 26.3 Å². The molecule has 0 aliphatic rings. The molecule has 15 heavy (non-hydrogen) atoms. The van der Waals surface area contributed by atoms with Gasteiger partial charge in [0.2, 0.25) is 0 Å². The molecule has 0 saturated heterocycles. The van der Waals surface area contributed by atoms with Gasteiger partial charge in [0, 0.05) is 6.20 Å². The van der Waals surface area contributed by atoms with Crippen molar-refractivity contribution in [2.75, 3.05) is 0 Å². The lowest BCUT2D eigenvalue weighted by Crippen LogP contribution is -2.21. The summed E-state index contributed by atoms with van der Waals surface area (Å²) in [5.41, 5.74) is 0.406. The van der Waals surface area contributed by atoms with Crippen molar-refractivity contribution in [2.24, 2.45) is 5.92 Å². The van der Waals surface area contributed by atoms with Crippen molar-refractivity contribution in [1.29, 1.82) is 0 Å². The van der Waals surface area contributed by atoms with Gasteiger partial charge in [-0.3, -0.25) is 4.79 Å². The topological polar surface area (TPSA) is 59.3 Å². The fourth-order valence-corrected chi connectivity index (χ4v) is 1.57. The number of nitrogens with zero attached hydrogens (tertiary/aromatic N) is 1. The number of rotatable bonds is 5. The average molecular weight is 209 g/mol. The van der Waals surface area contributed by atoms with Gasteiger partial charge in [-0.2, -0.15) is 0 Å². The van der Waals surface area contributed by atoms with E-state index in [0.29, 0.717) is 18.4 Å². The van der Waals surface area contributed by atoms with Crippen LogP contribution in [0.15, 0.2) is 18.3 Å². The maximum absolute atomic E-state index is 11.1. The SMILES string of the molecule is CC(C)C[C@H](C(=O)O)n1cccc1C=O. The molecule has 0 fully saturated rings. The monoisotopic (exact) mass is 209 g/mol. The molecular formula is C11H15NO3. The second-order valence-corrected chi connectivity index (χ2v) is 3.94. The van der Waals surface area contributed by atoms with Gasteiger partial charge in [-0.25, -0.2) is 4.79 Å². The quantitative estimate of drug-likeness (QED) is 0.754. The van der Waals surface area contributed by atoms with Crippen LogP contribution in [0.25, 0.3) is 0 Å². The lowest BCUT2D eigenvalue weighted by Gasteiger charge is -2.17. The van der Waals surface area contributed by atoms with Crippen LogP contribution >= 0.6 is 0 Å². The largest absolute Gasteiger partial charge is 0.480 e. The Bertz CT molecular complexity index is 354. The maximum atomic E-state index is 11.1. The Morgan fingerprint density at radius 3 is 2.73 bits per heavy atom. The molecule has 0 spiro atoms. The van der Waals surface area contributed by atoms with Gasteiger partial charge in [0.25, 0.3) is 0 Å². The highest BCUT2D eigenvalue weighted by molar-refractivity contribution is 5.76. The van der Waals surface area contributed by atoms with Crippen molar-refractivity contribution in [3.05, 3.63) is 24.0 Å². The summed E-state index contributed by atoms with van der Waals surface area (Å²) in [6.07, 6.45) is 2.83. The number of carbonyl (C=O) groups excluding carboxylic acids is 1. The number of hydrogen-bond acceptors (Lipinski definition) is 2. The summed E-state index contributed by atoms with van der Waals surface area (Å²) < 4.78 is 1.51. The molecule has 82 valence electrons. The molecule has 0 bridgehead atoms. The third-order valence-corrected chi connectivity index (χ3v) is 2.25. The second kappa shape index (κ2) is 4.77. The Hall–Kier alpha value is -1.58. The first-order chi connectivity index (χ1) is 7.06. The fraction of sp³-hybridized carbons (Fsp3) is 0.455. The van der Waals surface area contributed by atoms with E-state index in [2.05, 4.69) is 0 Å². The van der Waals surface area contributed by atoms with E-state index in [-0.39, 0.29) is 5.92 Å². The third kappa shape index (κ3) is 2.68. The van der Waals surface area contributed by atoms with Crippen molar-refractivity contribution < 1.29 is 14.7 Å². The van der Waals surface area contributed by atoms with Crippen LogP contribution in [0.3, 0.4) is 0 Å². The number of carboxylic acids is 1. The minimum Gasteiger partial charge on any atom is -0.480 e. The van der Waals surface area contributed by atoms with Crippen molar-refractivity contribution in [3.8, 4) is 0 Å². The van der Waals surface area contributed by atoms with Gasteiger partial charge in [0.15, 0.2) is 6.29 Å². The highest BCUT2D eigenvalue weighted by Gasteiger charge is 2.21. The molecule has 1 rings (SSSR count). The molecule has 4 nitrogen and oxygen atoms in total. The van der Waals surface area contributed by atoms with Crippen molar-refractivity contribution in [1.82, 2.24) is 4.57 Å². The molecule has 1 aromatic heterocycles. The Morgan fingerprint density at radius 2 is 2.27 bits per heavy atom. The van der Waals surface area contributed by atoms with Crippen LogP contribution in [-0.4, -0.2) is 21.9 Å². The van der Waals surface area contributed by atoms with Gasteiger partial charge in [-0.1, -0.05) is 13.8 Å². The first kappa shape index (κ1) is 11.5. The van der Waals surface area contributed by atoms with E-state index in [1.54, 1.807) is 18.3 Å². The van der Waals surface area contributed by atoms with Gasteiger partial charge in [-0.15, -0.1) is 0 Å². The van der Waals surface area contributed by atoms with Crippen LogP contribution in [0.5, 0.6) is 0 Å². The van der Waals surface area contributed by atoms with E-state index in [4.69, 9.17) is 5.11 Å². The molecule has 1 aromatic rings. The van der Waals surface area contributed by atoms with Gasteiger partial charge in [0.1, 0.15) is 6.04 Å². The molecule has 4 heteroatoms. The van der Waals surface area contributed by atoms with E-state index in [9.17, 15) is 9.59 Å². The molecule has 0 aliphatic heterocycles. The summed E-state index contributed by atoms with van der Waals surface area (Å²) in [5.74, 6) is -0.629. The highest BCUT2D eigenvalue weighted by Crippen LogP contribution is 2.19. The zero-order valence-corrected chi connectivity index (χ0v) is 8.88. The summed E-state index contributed by atoms with van der Waals surface area (Å²) in [4.78, 5) is 21.8. The van der Waals surface area contributed by atoms with Crippen LogP contribution in [0.2, 0.25) is 0 Å². The molecule has 0 aliphatic carbocycles. The molecule has 1 heterocycles. The van der Waals surface area contributed by atoms with E-state index >= 15 is 0 Å². The van der Waals surface area contributed by atoms with E-state index in [1.165, 1.54) is 4.57 Å². The fourth-order valence-electron chi connectivity index (χ4n) is 1.57. The first-order valence-electron chi connectivity index (χ1n) is 4.91. The number of aldehydes is 1. The molecular weight excluding hydrogens is 194 g/mol. The minimum absolute atomic E-state index is 0.271. The van der Waals surface area contributed by atoms with Gasteiger partial charge >= 0.3 is 5.97 Å². The van der Waals surface area contributed by atoms with Crippen LogP contribution in [0, 0.1) is 5.92 Å². The molecule has 1 N–H and O–H groups in total. The third-order valence-electron chi connectivity index (χ3n) is 2.25. The normalized spacial score (nSPS) is 12.7. The van der Waals surface area contributed by atoms with Crippen LogP contribution in [0.4, 0.5) is 0 Å². The Kier molecular flexibility index (Phi) is 3.66. The Morgan fingerprint density at radius 1 is 1.60 bits per heavy atom. The maximum Gasteiger partial charge on any atom is 0.326 e. The zero-order chi connectivity index (χ0) is 11.4. The predicted molar refractivity (Wildman–Crippen MR) is 55.9 cm³/mol. The standard InChI is InChI=1S/C11H15NO3/c1-8(2)6-10(11(14)15)12-5-3-4-9(12)7-13/h3-5,7-8,10H,6H2,1-2H3,(H,14,15)/t10-/m1/s1. The first-order valence-corrected chi connectivity index (χ1v) is 4.91. The second-order valence-electron chi connectivity index (χ2n) is 3.94. The summed E-state index contributed by atoms with van der Waals surface area (Å²) in [5, 5.41) is 9.08. The van der Waals surface area contributed by atoms with Gasteiger partial charge < -0.3 is 9.67 Å². The van der Waals surface area contributed by atoms with Crippen LogP contribution in [0.1, 0.15) is 36.8 Å². The van der Waals surface area contributed by atoms with Crippen LogP contribution in [-0.2, 0) is 4.79 Å². The lowest BCUT2D eigenvalue weighted by atomic mass is 10.0. The minimum atomic E-state index is -0.900. The zero-order valence-electron chi connectivity index (χ0n) is 8.88.